The van der Waals surface area contributed by atoms with E-state index in [2.05, 4.69) is 26.6 Å². The lowest BCUT2D eigenvalue weighted by molar-refractivity contribution is 0.0923. The summed E-state index contributed by atoms with van der Waals surface area (Å²) in [6, 6.07) is 9.83. The second-order valence-corrected chi connectivity index (χ2v) is 5.63. The van der Waals surface area contributed by atoms with Crippen molar-refractivity contribution in [3.8, 4) is 6.07 Å². The molecule has 7 heteroatoms. The minimum Gasteiger partial charge on any atom is -0.368 e. The van der Waals surface area contributed by atoms with E-state index in [1.54, 1.807) is 7.05 Å². The molecule has 7 nitrogen and oxygen atoms in total. The molecular formula is C16H18N6O. The van der Waals surface area contributed by atoms with Crippen molar-refractivity contribution < 1.29 is 4.79 Å². The third-order valence-electron chi connectivity index (χ3n) is 4.07. The van der Waals surface area contributed by atoms with Gasteiger partial charge in [0.2, 0.25) is 0 Å². The first-order chi connectivity index (χ1) is 11.2. The molecular weight excluding hydrogens is 292 g/mol. The van der Waals surface area contributed by atoms with Crippen molar-refractivity contribution in [2.24, 2.45) is 7.05 Å². The molecule has 0 bridgehead atoms. The topological polar surface area (TPSA) is 86.8 Å². The molecule has 1 fully saturated rings. The van der Waals surface area contributed by atoms with Crippen LogP contribution in [-0.2, 0) is 7.05 Å². The number of para-hydroxylation sites is 1. The zero-order valence-corrected chi connectivity index (χ0v) is 12.9. The van der Waals surface area contributed by atoms with E-state index in [1.807, 2.05) is 24.3 Å². The van der Waals surface area contributed by atoms with Gasteiger partial charge < -0.3 is 10.2 Å². The van der Waals surface area contributed by atoms with Gasteiger partial charge in [-0.2, -0.15) is 5.26 Å². The number of nitrogens with zero attached hydrogens (tertiary/aromatic N) is 5. The smallest absolute Gasteiger partial charge is 0.271 e. The predicted molar refractivity (Wildman–Crippen MR) is 84.9 cm³/mol. The molecule has 0 aliphatic carbocycles. The van der Waals surface area contributed by atoms with Crippen LogP contribution in [-0.4, -0.2) is 40.0 Å². The van der Waals surface area contributed by atoms with Crippen LogP contribution < -0.4 is 10.2 Å². The van der Waals surface area contributed by atoms with Crippen molar-refractivity contribution in [2.45, 2.75) is 18.9 Å². The lowest BCUT2D eigenvalue weighted by Gasteiger charge is -2.35. The molecule has 1 aromatic heterocycles. The number of amides is 1. The maximum atomic E-state index is 12.3. The summed E-state index contributed by atoms with van der Waals surface area (Å²) in [5.41, 5.74) is 2.03. The van der Waals surface area contributed by atoms with E-state index in [1.165, 1.54) is 10.9 Å². The molecule has 2 heterocycles. The van der Waals surface area contributed by atoms with Crippen LogP contribution in [0.4, 0.5) is 5.69 Å². The van der Waals surface area contributed by atoms with Crippen molar-refractivity contribution in [1.29, 1.82) is 5.26 Å². The number of nitrogens with one attached hydrogen (secondary N) is 1. The quantitative estimate of drug-likeness (QED) is 0.917. The highest BCUT2D eigenvalue weighted by Gasteiger charge is 2.24. The van der Waals surface area contributed by atoms with Crippen molar-refractivity contribution in [2.75, 3.05) is 18.0 Å². The van der Waals surface area contributed by atoms with Crippen molar-refractivity contribution in [3.63, 3.8) is 0 Å². The second-order valence-electron chi connectivity index (χ2n) is 5.63. The Morgan fingerprint density at radius 2 is 2.26 bits per heavy atom. The number of anilines is 1. The van der Waals surface area contributed by atoms with Crippen molar-refractivity contribution >= 4 is 11.6 Å². The highest BCUT2D eigenvalue weighted by atomic mass is 16.2. The zero-order valence-electron chi connectivity index (χ0n) is 12.9. The van der Waals surface area contributed by atoms with Gasteiger partial charge in [0.1, 0.15) is 11.8 Å². The van der Waals surface area contributed by atoms with E-state index < -0.39 is 0 Å². The molecule has 1 aliphatic rings. The summed E-state index contributed by atoms with van der Waals surface area (Å²) in [5, 5.41) is 19.8. The van der Waals surface area contributed by atoms with Gasteiger partial charge in [0.05, 0.1) is 17.4 Å². The van der Waals surface area contributed by atoms with Crippen LogP contribution >= 0.6 is 0 Å². The first kappa shape index (κ1) is 15.0. The largest absolute Gasteiger partial charge is 0.368 e. The van der Waals surface area contributed by atoms with E-state index in [9.17, 15) is 10.1 Å². The number of carbonyl (C=O) groups excluding carboxylic acids is 1. The van der Waals surface area contributed by atoms with Gasteiger partial charge in [0.15, 0.2) is 0 Å². The van der Waals surface area contributed by atoms with E-state index in [0.29, 0.717) is 17.8 Å². The molecule has 1 atom stereocenters. The number of carbonyl (C=O) groups is 1. The zero-order chi connectivity index (χ0) is 16.2. The molecule has 2 aromatic rings. The molecule has 0 saturated carbocycles. The number of hydrogen-bond donors (Lipinski definition) is 1. The van der Waals surface area contributed by atoms with Gasteiger partial charge in [-0.15, -0.1) is 5.10 Å². The van der Waals surface area contributed by atoms with Gasteiger partial charge in [-0.3, -0.25) is 4.79 Å². The number of nitriles is 1. The Hall–Kier alpha value is -2.88. The van der Waals surface area contributed by atoms with E-state index in [-0.39, 0.29) is 11.9 Å². The number of aromatic nitrogens is 3. The van der Waals surface area contributed by atoms with Crippen LogP contribution in [0.2, 0.25) is 0 Å². The van der Waals surface area contributed by atoms with Gasteiger partial charge in [0, 0.05) is 26.2 Å². The van der Waals surface area contributed by atoms with E-state index in [0.717, 1.165) is 25.1 Å². The Morgan fingerprint density at radius 1 is 1.43 bits per heavy atom. The number of benzene rings is 1. The summed E-state index contributed by atoms with van der Waals surface area (Å²) in [5.74, 6) is -0.169. The first-order valence-electron chi connectivity index (χ1n) is 7.58. The van der Waals surface area contributed by atoms with E-state index >= 15 is 0 Å². The van der Waals surface area contributed by atoms with Crippen LogP contribution in [0.15, 0.2) is 30.5 Å². The molecule has 1 N–H and O–H groups in total. The lowest BCUT2D eigenvalue weighted by Crippen LogP contribution is -2.48. The number of aryl methyl sites for hydroxylation is 1. The van der Waals surface area contributed by atoms with Gasteiger partial charge >= 0.3 is 0 Å². The van der Waals surface area contributed by atoms with Crippen LogP contribution in [0.3, 0.4) is 0 Å². The fraction of sp³-hybridized carbons (Fsp3) is 0.375. The Balaban J connectivity index is 1.70. The molecule has 1 saturated heterocycles. The minimum atomic E-state index is -0.169. The number of piperidine rings is 1. The maximum absolute atomic E-state index is 12.3. The fourth-order valence-electron chi connectivity index (χ4n) is 2.91. The Kier molecular flexibility index (Phi) is 4.24. The first-order valence-corrected chi connectivity index (χ1v) is 7.58. The summed E-state index contributed by atoms with van der Waals surface area (Å²) in [6.45, 7) is 1.58. The number of rotatable bonds is 3. The van der Waals surface area contributed by atoms with Crippen LogP contribution in [0.25, 0.3) is 0 Å². The van der Waals surface area contributed by atoms with E-state index in [4.69, 9.17) is 0 Å². The lowest BCUT2D eigenvalue weighted by atomic mass is 10.0. The Morgan fingerprint density at radius 3 is 3.00 bits per heavy atom. The van der Waals surface area contributed by atoms with Gasteiger partial charge in [0.25, 0.3) is 5.91 Å². The maximum Gasteiger partial charge on any atom is 0.271 e. The molecule has 1 aromatic carbocycles. The minimum absolute atomic E-state index is 0.0397. The molecule has 0 radical (unpaired) electrons. The molecule has 3 rings (SSSR count). The summed E-state index contributed by atoms with van der Waals surface area (Å²) < 4.78 is 1.46. The van der Waals surface area contributed by atoms with Gasteiger partial charge in [-0.1, -0.05) is 17.3 Å². The number of hydrogen-bond acceptors (Lipinski definition) is 5. The van der Waals surface area contributed by atoms with Crippen LogP contribution in [0, 0.1) is 11.3 Å². The Bertz CT molecular complexity index is 747. The molecule has 1 unspecified atom stereocenters. The molecule has 118 valence electrons. The fourth-order valence-corrected chi connectivity index (χ4v) is 2.91. The molecule has 23 heavy (non-hydrogen) atoms. The third-order valence-corrected chi connectivity index (χ3v) is 4.07. The highest BCUT2D eigenvalue weighted by molar-refractivity contribution is 5.92. The summed E-state index contributed by atoms with van der Waals surface area (Å²) >= 11 is 0. The normalized spacial score (nSPS) is 17.6. The summed E-state index contributed by atoms with van der Waals surface area (Å²) in [4.78, 5) is 14.4. The van der Waals surface area contributed by atoms with Crippen molar-refractivity contribution in [1.82, 2.24) is 20.3 Å². The van der Waals surface area contributed by atoms with Crippen LogP contribution in [0.1, 0.15) is 28.9 Å². The van der Waals surface area contributed by atoms with Gasteiger partial charge in [-0.05, 0) is 25.0 Å². The average Bonchev–Trinajstić information content (AvgIpc) is 3.01. The highest BCUT2D eigenvalue weighted by Crippen LogP contribution is 2.23. The molecule has 1 aliphatic heterocycles. The molecule has 0 spiro atoms. The average molecular weight is 310 g/mol. The van der Waals surface area contributed by atoms with Crippen molar-refractivity contribution in [3.05, 3.63) is 41.7 Å². The monoisotopic (exact) mass is 310 g/mol. The Labute approximate surface area is 134 Å². The van der Waals surface area contributed by atoms with Crippen LogP contribution in [0.5, 0.6) is 0 Å². The summed E-state index contributed by atoms with van der Waals surface area (Å²) in [6.07, 6.45) is 3.34. The SMILES string of the molecule is Cn1nncc1C(=O)NC1CCCN(c2ccccc2C#N)C1. The summed E-state index contributed by atoms with van der Waals surface area (Å²) in [7, 11) is 1.69. The third kappa shape index (κ3) is 3.16. The van der Waals surface area contributed by atoms with Gasteiger partial charge in [-0.25, -0.2) is 4.68 Å². The second kappa shape index (κ2) is 6.48. The molecule has 1 amide bonds. The predicted octanol–water partition coefficient (Wildman–Crippen LogP) is 1.09. The standard InChI is InChI=1S/C16H18N6O/c1-21-15(10-18-20-21)16(23)19-13-6-4-8-22(11-13)14-7-3-2-5-12(14)9-17/h2-3,5,7,10,13H,4,6,8,11H2,1H3,(H,19,23).